The molecule has 1 aromatic heterocycles. The van der Waals surface area contributed by atoms with Crippen LogP contribution in [0.25, 0.3) is 0 Å². The molecule has 1 amide bonds. The first kappa shape index (κ1) is 15.1. The summed E-state index contributed by atoms with van der Waals surface area (Å²) in [7, 11) is -3.48. The summed E-state index contributed by atoms with van der Waals surface area (Å²) in [6.07, 6.45) is 3.89. The number of nitrogens with one attached hydrogen (secondary N) is 2. The van der Waals surface area contributed by atoms with Gasteiger partial charge in [0.15, 0.2) is 9.84 Å². The summed E-state index contributed by atoms with van der Waals surface area (Å²) < 4.78 is 23.7. The van der Waals surface area contributed by atoms with Gasteiger partial charge in [-0.25, -0.2) is 8.42 Å². The van der Waals surface area contributed by atoms with Crippen molar-refractivity contribution >= 4 is 37.8 Å². The molecule has 2 rings (SSSR count). The van der Waals surface area contributed by atoms with E-state index in [-0.39, 0.29) is 27.4 Å². The lowest BCUT2D eigenvalue weighted by atomic mass is 10.3. The number of hydrogen-bond donors (Lipinski definition) is 3. The van der Waals surface area contributed by atoms with Crippen molar-refractivity contribution in [1.29, 1.82) is 0 Å². The molecule has 0 aliphatic heterocycles. The molecule has 0 atom stereocenters. The summed E-state index contributed by atoms with van der Waals surface area (Å²) >= 11 is 1.10. The summed E-state index contributed by atoms with van der Waals surface area (Å²) in [6, 6.07) is 0.206. The highest BCUT2D eigenvalue weighted by Gasteiger charge is 2.30. The van der Waals surface area contributed by atoms with Crippen molar-refractivity contribution < 1.29 is 13.2 Å². The first-order chi connectivity index (χ1) is 9.34. The second-order valence-electron chi connectivity index (χ2n) is 4.95. The third kappa shape index (κ3) is 3.24. The molecule has 1 fully saturated rings. The Bertz CT molecular complexity index is 618. The number of amides is 1. The number of carbonyl (C=O) groups is 1. The van der Waals surface area contributed by atoms with Crippen LogP contribution in [-0.2, 0) is 9.84 Å². The number of hydrogen-bond acceptors (Lipinski definition) is 6. The van der Waals surface area contributed by atoms with E-state index in [4.69, 9.17) is 5.73 Å². The molecule has 0 aromatic carbocycles. The highest BCUT2D eigenvalue weighted by Crippen LogP contribution is 2.39. The van der Waals surface area contributed by atoms with Gasteiger partial charge in [0.25, 0.3) is 5.91 Å². The molecule has 8 heteroatoms. The highest BCUT2D eigenvalue weighted by molar-refractivity contribution is 7.91. The zero-order valence-electron chi connectivity index (χ0n) is 11.5. The second kappa shape index (κ2) is 5.61. The molecule has 0 saturated heterocycles. The van der Waals surface area contributed by atoms with Gasteiger partial charge in [-0.1, -0.05) is 6.92 Å². The number of nitrogen functional groups attached to an aromatic ring is 1. The summed E-state index contributed by atoms with van der Waals surface area (Å²) in [6.45, 7) is 2.61. The molecule has 0 radical (unpaired) electrons. The first-order valence-electron chi connectivity index (χ1n) is 6.51. The minimum atomic E-state index is -3.48. The topological polar surface area (TPSA) is 101 Å². The van der Waals surface area contributed by atoms with Crippen molar-refractivity contribution in [3.63, 3.8) is 0 Å². The van der Waals surface area contributed by atoms with Crippen LogP contribution < -0.4 is 16.4 Å². The number of anilines is 2. The van der Waals surface area contributed by atoms with Crippen LogP contribution in [0.5, 0.6) is 0 Å². The number of thiophene rings is 1. The van der Waals surface area contributed by atoms with E-state index in [2.05, 4.69) is 10.6 Å². The van der Waals surface area contributed by atoms with E-state index in [0.29, 0.717) is 11.5 Å². The van der Waals surface area contributed by atoms with Gasteiger partial charge in [0.05, 0.1) is 5.69 Å². The van der Waals surface area contributed by atoms with Crippen LogP contribution in [0.1, 0.15) is 35.9 Å². The molecule has 1 heterocycles. The quantitative estimate of drug-likeness (QED) is 0.737. The molecular formula is C12H19N3O3S2. The lowest BCUT2D eigenvalue weighted by Gasteiger charge is -2.04. The van der Waals surface area contributed by atoms with Crippen LogP contribution in [0.3, 0.4) is 0 Å². The Morgan fingerprint density at radius 3 is 2.60 bits per heavy atom. The molecule has 4 N–H and O–H groups in total. The van der Waals surface area contributed by atoms with Gasteiger partial charge in [-0.15, -0.1) is 11.3 Å². The van der Waals surface area contributed by atoms with E-state index in [9.17, 15) is 13.2 Å². The maximum absolute atomic E-state index is 12.1. The normalized spacial score (nSPS) is 15.1. The Kier molecular flexibility index (Phi) is 4.24. The van der Waals surface area contributed by atoms with E-state index in [1.165, 1.54) is 0 Å². The monoisotopic (exact) mass is 317 g/mol. The van der Waals surface area contributed by atoms with Crippen molar-refractivity contribution in [2.45, 2.75) is 37.1 Å². The Labute approximate surface area is 122 Å². The molecule has 0 unspecified atom stereocenters. The molecular weight excluding hydrogens is 298 g/mol. The molecule has 1 aliphatic carbocycles. The molecule has 112 valence electrons. The number of carbonyl (C=O) groups excluding carboxylic acids is 1. The Morgan fingerprint density at radius 1 is 1.45 bits per heavy atom. The van der Waals surface area contributed by atoms with Crippen molar-refractivity contribution in [2.75, 3.05) is 23.9 Å². The molecule has 1 aliphatic rings. The van der Waals surface area contributed by atoms with Gasteiger partial charge in [0, 0.05) is 18.8 Å². The maximum atomic E-state index is 12.1. The number of sulfone groups is 1. The summed E-state index contributed by atoms with van der Waals surface area (Å²) in [5, 5.41) is 6.31. The number of nitrogens with two attached hydrogens (primary N) is 1. The van der Waals surface area contributed by atoms with Crippen LogP contribution in [0.15, 0.2) is 4.90 Å². The standard InChI is InChI=1S/C12H19N3O3S2/c1-3-6-14-12-10(20(2,17)18)8(13)9(19-12)11(16)15-7-4-5-7/h7,14H,3-6,13H2,1-2H3,(H,15,16). The maximum Gasteiger partial charge on any atom is 0.263 e. The fourth-order valence-corrected chi connectivity index (χ4v) is 4.30. The predicted octanol–water partition coefficient (Wildman–Crippen LogP) is 1.45. The zero-order chi connectivity index (χ0) is 14.9. The average molecular weight is 317 g/mol. The lowest BCUT2D eigenvalue weighted by molar-refractivity contribution is 0.0956. The van der Waals surface area contributed by atoms with Gasteiger partial charge in [-0.3, -0.25) is 4.79 Å². The van der Waals surface area contributed by atoms with Crippen molar-refractivity contribution in [3.8, 4) is 0 Å². The predicted molar refractivity (Wildman–Crippen MR) is 81.1 cm³/mol. The zero-order valence-corrected chi connectivity index (χ0v) is 13.2. The van der Waals surface area contributed by atoms with Crippen LogP contribution in [-0.4, -0.2) is 33.2 Å². The lowest BCUT2D eigenvalue weighted by Crippen LogP contribution is -2.25. The fourth-order valence-electron chi connectivity index (χ4n) is 1.80. The molecule has 1 saturated carbocycles. The molecule has 20 heavy (non-hydrogen) atoms. The van der Waals surface area contributed by atoms with E-state index >= 15 is 0 Å². The van der Waals surface area contributed by atoms with Gasteiger partial charge < -0.3 is 16.4 Å². The van der Waals surface area contributed by atoms with Gasteiger partial charge in [0.1, 0.15) is 14.8 Å². The van der Waals surface area contributed by atoms with Crippen LogP contribution in [0, 0.1) is 0 Å². The summed E-state index contributed by atoms with van der Waals surface area (Å²) in [5.41, 5.74) is 5.94. The second-order valence-corrected chi connectivity index (χ2v) is 7.92. The third-order valence-corrected chi connectivity index (χ3v) is 5.38. The van der Waals surface area contributed by atoms with Gasteiger partial charge in [0.2, 0.25) is 0 Å². The van der Waals surface area contributed by atoms with Crippen molar-refractivity contribution in [1.82, 2.24) is 5.32 Å². The van der Waals surface area contributed by atoms with Crippen molar-refractivity contribution in [3.05, 3.63) is 4.88 Å². The number of rotatable bonds is 6. The highest BCUT2D eigenvalue weighted by atomic mass is 32.2. The smallest absolute Gasteiger partial charge is 0.263 e. The Morgan fingerprint density at radius 2 is 2.10 bits per heavy atom. The molecule has 6 nitrogen and oxygen atoms in total. The summed E-state index contributed by atoms with van der Waals surface area (Å²) in [5.74, 6) is -0.288. The SMILES string of the molecule is CCCNc1sc(C(=O)NC2CC2)c(N)c1S(C)(=O)=O. The van der Waals surface area contributed by atoms with Crippen molar-refractivity contribution in [2.24, 2.45) is 0 Å². The van der Waals surface area contributed by atoms with E-state index in [0.717, 1.165) is 36.9 Å². The largest absolute Gasteiger partial charge is 0.396 e. The average Bonchev–Trinajstić information content (AvgIpc) is 3.07. The Hall–Kier alpha value is -1.28. The van der Waals surface area contributed by atoms with E-state index in [1.54, 1.807) is 0 Å². The van der Waals surface area contributed by atoms with Gasteiger partial charge in [-0.2, -0.15) is 0 Å². The minimum absolute atomic E-state index is 0.0388. The molecule has 0 spiro atoms. The fraction of sp³-hybridized carbons (Fsp3) is 0.583. The molecule has 1 aromatic rings. The van der Waals surface area contributed by atoms with Gasteiger partial charge in [-0.05, 0) is 19.3 Å². The summed E-state index contributed by atoms with van der Waals surface area (Å²) in [4.78, 5) is 12.4. The molecule has 0 bridgehead atoms. The third-order valence-electron chi connectivity index (χ3n) is 2.92. The van der Waals surface area contributed by atoms with Crippen LogP contribution >= 0.6 is 11.3 Å². The van der Waals surface area contributed by atoms with E-state index < -0.39 is 9.84 Å². The Balaban J connectivity index is 2.37. The minimum Gasteiger partial charge on any atom is -0.396 e. The van der Waals surface area contributed by atoms with Gasteiger partial charge >= 0.3 is 0 Å². The first-order valence-corrected chi connectivity index (χ1v) is 9.22. The van der Waals surface area contributed by atoms with Crippen LogP contribution in [0.4, 0.5) is 10.7 Å². The van der Waals surface area contributed by atoms with E-state index in [1.807, 2.05) is 6.92 Å². The van der Waals surface area contributed by atoms with Crippen LogP contribution in [0.2, 0.25) is 0 Å².